The first-order valence-corrected chi connectivity index (χ1v) is 17.3. The number of nitrogens with zero attached hydrogens (tertiary/aromatic N) is 4. The van der Waals surface area contributed by atoms with Crippen LogP contribution in [0.5, 0.6) is 23.0 Å². The Hall–Kier alpha value is -6.22. The number of hydrogen-bond acceptors (Lipinski definition) is 10. The zero-order valence-corrected chi connectivity index (χ0v) is 27.4. The molecule has 6 rings (SSSR count). The van der Waals surface area contributed by atoms with E-state index in [4.69, 9.17) is 8.37 Å². The molecule has 0 heterocycles. The van der Waals surface area contributed by atoms with Gasteiger partial charge in [-0.1, -0.05) is 86.6 Å². The molecule has 12 nitrogen and oxygen atoms in total. The maximum Gasteiger partial charge on any atom is 0.379 e. The van der Waals surface area contributed by atoms with E-state index in [1.54, 1.807) is 48.5 Å². The van der Waals surface area contributed by atoms with Crippen LogP contribution in [0.1, 0.15) is 25.0 Å². The molecule has 0 unspecified atom stereocenters. The highest BCUT2D eigenvalue weighted by Crippen LogP contribution is 2.40. The van der Waals surface area contributed by atoms with Crippen LogP contribution in [0, 0.1) is 10.8 Å². The predicted molar refractivity (Wildman–Crippen MR) is 177 cm³/mol. The van der Waals surface area contributed by atoms with Gasteiger partial charge in [-0.15, -0.1) is 0 Å². The summed E-state index contributed by atoms with van der Waals surface area (Å²) in [7, 11) is -8.91. The molecule has 0 bridgehead atoms. The fourth-order valence-corrected chi connectivity index (χ4v) is 7.84. The van der Waals surface area contributed by atoms with E-state index in [1.165, 1.54) is 48.5 Å². The van der Waals surface area contributed by atoms with Gasteiger partial charge in [-0.3, -0.25) is 0 Å². The van der Waals surface area contributed by atoms with Gasteiger partial charge in [0.2, 0.25) is 10.8 Å². The summed E-state index contributed by atoms with van der Waals surface area (Å²) in [5.41, 5.74) is 0.0101. The normalized spacial score (nSPS) is 11.9. The van der Waals surface area contributed by atoms with Crippen molar-refractivity contribution in [2.75, 3.05) is 0 Å². The number of fused-ring (bicyclic) bond motifs is 2. The van der Waals surface area contributed by atoms with Gasteiger partial charge >= 0.3 is 31.6 Å². The van der Waals surface area contributed by atoms with Crippen LogP contribution < -0.4 is 18.6 Å². The molecule has 0 amide bonds. The Morgan fingerprint density at radius 1 is 0.551 bits per heavy atom. The molecule has 0 aliphatic rings. The van der Waals surface area contributed by atoms with Gasteiger partial charge in [0, 0.05) is 16.2 Å². The molecular weight excluding hydrogens is 669 g/mol. The molecule has 0 atom stereocenters. The molecule has 14 heteroatoms. The Morgan fingerprint density at radius 3 is 1.20 bits per heavy atom. The summed E-state index contributed by atoms with van der Waals surface area (Å²) in [5, 5.41) is 43.9. The maximum atomic E-state index is 13.3. The van der Waals surface area contributed by atoms with E-state index in [1.807, 2.05) is 13.8 Å². The summed E-state index contributed by atoms with van der Waals surface area (Å²) in [6.07, 6.45) is 0. The fourth-order valence-electron chi connectivity index (χ4n) is 5.53. The minimum absolute atomic E-state index is 0.000893. The molecule has 0 aliphatic heterocycles. The van der Waals surface area contributed by atoms with Crippen molar-refractivity contribution < 1.29 is 35.4 Å². The Labute approximate surface area is 280 Å². The standard InChI is InChI=1S/C35H24N4O8S2/c1-35(2,21-11-15-23(16-12-21)46-48(42,43)31-19-29(38-36)33(40)27-9-5-3-7-25(27)31)22-13-17-24(18-14-22)47-49(44,45)32-20-30(39-37)34(41)28-10-6-4-8-26(28)32/h3-20H,1-2H3. The van der Waals surface area contributed by atoms with E-state index < -0.39 is 48.5 Å². The molecule has 0 fully saturated rings. The van der Waals surface area contributed by atoms with Gasteiger partial charge in [0.15, 0.2) is 9.95 Å². The molecule has 49 heavy (non-hydrogen) atoms. The molecule has 6 aromatic rings. The second-order valence-electron chi connectivity index (χ2n) is 11.5. The van der Waals surface area contributed by atoms with E-state index in [9.17, 15) is 37.8 Å². The van der Waals surface area contributed by atoms with Crippen molar-refractivity contribution in [1.82, 2.24) is 0 Å². The van der Waals surface area contributed by atoms with Crippen LogP contribution in [0.4, 0.5) is 11.4 Å². The van der Waals surface area contributed by atoms with Gasteiger partial charge in [-0.2, -0.15) is 16.8 Å². The second kappa shape index (κ2) is 12.1. The number of rotatable bonds is 8. The lowest BCUT2D eigenvalue weighted by Gasteiger charge is -2.26. The average molecular weight is 693 g/mol. The summed E-state index contributed by atoms with van der Waals surface area (Å²) in [6, 6.07) is 26.6. The monoisotopic (exact) mass is 692 g/mol. The largest absolute Gasteiger partial charge is 0.867 e. The molecular formula is C35H24N4O8S2. The average Bonchev–Trinajstić information content (AvgIpc) is 3.09. The molecule has 0 saturated carbocycles. The smallest absolute Gasteiger partial charge is 0.379 e. The van der Waals surface area contributed by atoms with Crippen molar-refractivity contribution in [2.24, 2.45) is 0 Å². The highest BCUT2D eigenvalue weighted by atomic mass is 32.2. The van der Waals surface area contributed by atoms with Crippen LogP contribution in [0.2, 0.25) is 0 Å². The van der Waals surface area contributed by atoms with Gasteiger partial charge in [0.05, 0.1) is 12.1 Å². The van der Waals surface area contributed by atoms with Crippen molar-refractivity contribution >= 4 is 53.2 Å². The third kappa shape index (κ3) is 5.91. The first-order valence-electron chi connectivity index (χ1n) is 14.5. The quantitative estimate of drug-likeness (QED) is 0.119. The molecule has 244 valence electrons. The van der Waals surface area contributed by atoms with E-state index in [0.29, 0.717) is 0 Å². The Morgan fingerprint density at radius 2 is 0.878 bits per heavy atom. The molecule has 0 spiro atoms. The summed E-state index contributed by atoms with van der Waals surface area (Å²) in [6.45, 7) is 3.83. The van der Waals surface area contributed by atoms with E-state index in [2.05, 4.69) is 9.95 Å². The Bertz CT molecular complexity index is 2410. The summed E-state index contributed by atoms with van der Waals surface area (Å²) in [4.78, 5) is 5.21. The topological polar surface area (TPSA) is 189 Å². The lowest BCUT2D eigenvalue weighted by Crippen LogP contribution is -2.19. The molecule has 0 aromatic heterocycles. The van der Waals surface area contributed by atoms with Gasteiger partial charge in [0.25, 0.3) is 0 Å². The summed E-state index contributed by atoms with van der Waals surface area (Å²) < 4.78 is 64.0. The SMILES string of the molecule is CC(C)(c1ccc(OS(=O)(=O)c2cc([N+]#N)c([O-])c3ccccc23)cc1)c1ccc(OS(=O)(=O)c2cc([N+]#N)c([O-])c3ccccc23)cc1. The highest BCUT2D eigenvalue weighted by molar-refractivity contribution is 7.87. The molecule has 6 aromatic carbocycles. The minimum Gasteiger partial charge on any atom is -0.867 e. The van der Waals surface area contributed by atoms with Gasteiger partial charge in [0.1, 0.15) is 21.3 Å². The first kappa shape index (κ1) is 32.7. The lowest BCUT2D eigenvalue weighted by molar-refractivity contribution is -0.265. The van der Waals surface area contributed by atoms with Crippen molar-refractivity contribution in [1.29, 1.82) is 10.8 Å². The maximum absolute atomic E-state index is 13.3. The van der Waals surface area contributed by atoms with E-state index in [0.717, 1.165) is 23.3 Å². The van der Waals surface area contributed by atoms with Crippen LogP contribution in [-0.2, 0) is 25.7 Å². The number of benzene rings is 6. The zero-order valence-electron chi connectivity index (χ0n) is 25.8. The van der Waals surface area contributed by atoms with Crippen molar-refractivity contribution in [2.45, 2.75) is 29.1 Å². The van der Waals surface area contributed by atoms with Crippen LogP contribution in [-0.4, -0.2) is 16.8 Å². The predicted octanol–water partition coefficient (Wildman–Crippen LogP) is 6.97. The highest BCUT2D eigenvalue weighted by Gasteiger charge is 2.28. The zero-order chi connectivity index (χ0) is 35.1. The number of hydrogen-bond donors (Lipinski definition) is 0. The van der Waals surface area contributed by atoms with Crippen molar-refractivity contribution in [3.8, 4) is 23.0 Å². The van der Waals surface area contributed by atoms with Gasteiger partial charge < -0.3 is 18.6 Å². The van der Waals surface area contributed by atoms with E-state index in [-0.39, 0.29) is 42.8 Å². The minimum atomic E-state index is -4.45. The second-order valence-corrected chi connectivity index (χ2v) is 14.5. The molecule has 0 radical (unpaired) electrons. The van der Waals surface area contributed by atoms with Gasteiger partial charge in [-0.25, -0.2) is 0 Å². The van der Waals surface area contributed by atoms with E-state index >= 15 is 0 Å². The molecule has 0 saturated heterocycles. The fraction of sp³-hybridized carbons (Fsp3) is 0.0857. The van der Waals surface area contributed by atoms with Crippen LogP contribution in [0.3, 0.4) is 0 Å². The summed E-state index contributed by atoms with van der Waals surface area (Å²) in [5.74, 6) is -1.25. The third-order valence-corrected chi connectivity index (χ3v) is 10.8. The number of diazo groups is 2. The van der Waals surface area contributed by atoms with Crippen molar-refractivity contribution in [3.05, 3.63) is 130 Å². The lowest BCUT2D eigenvalue weighted by atomic mass is 9.78. The molecule has 0 aliphatic carbocycles. The van der Waals surface area contributed by atoms with Crippen LogP contribution >= 0.6 is 0 Å². The first-order chi connectivity index (χ1) is 23.3. The third-order valence-electron chi connectivity index (χ3n) is 8.19. The summed E-state index contributed by atoms with van der Waals surface area (Å²) >= 11 is 0. The Kier molecular flexibility index (Phi) is 8.08. The van der Waals surface area contributed by atoms with Crippen LogP contribution in [0.15, 0.2) is 119 Å². The van der Waals surface area contributed by atoms with Crippen molar-refractivity contribution in [3.63, 3.8) is 0 Å². The Balaban J connectivity index is 1.23. The molecule has 0 N–H and O–H groups in total. The van der Waals surface area contributed by atoms with Gasteiger partial charge in [-0.05, 0) is 57.7 Å². The van der Waals surface area contributed by atoms with Crippen LogP contribution in [0.25, 0.3) is 31.5 Å².